The summed E-state index contributed by atoms with van der Waals surface area (Å²) in [6.45, 7) is 0.794. The van der Waals surface area contributed by atoms with Gasteiger partial charge in [0.1, 0.15) is 5.75 Å². The van der Waals surface area contributed by atoms with Gasteiger partial charge < -0.3 is 14.7 Å². The first kappa shape index (κ1) is 21.4. The Hall–Kier alpha value is -2.32. The zero-order chi connectivity index (χ0) is 20.8. The number of amides is 3. The summed E-state index contributed by atoms with van der Waals surface area (Å²) in [4.78, 5) is 40.9. The maximum absolute atomic E-state index is 12.6. The van der Waals surface area contributed by atoms with Crippen molar-refractivity contribution in [2.24, 2.45) is 0 Å². The highest BCUT2D eigenvalue weighted by Gasteiger charge is 2.36. The first-order valence-corrected chi connectivity index (χ1v) is 10.6. The van der Waals surface area contributed by atoms with Gasteiger partial charge in [0, 0.05) is 32.2 Å². The summed E-state index contributed by atoms with van der Waals surface area (Å²) in [7, 11) is 1.58. The third-order valence-electron chi connectivity index (χ3n) is 5.25. The minimum absolute atomic E-state index is 0.0473. The van der Waals surface area contributed by atoms with Gasteiger partial charge in [-0.2, -0.15) is 0 Å². The number of aliphatic hydroxyl groups is 1. The average molecular weight is 419 g/mol. The van der Waals surface area contributed by atoms with Crippen molar-refractivity contribution >= 4 is 34.9 Å². The van der Waals surface area contributed by atoms with Gasteiger partial charge in [-0.25, -0.2) is 0 Å². The summed E-state index contributed by atoms with van der Waals surface area (Å²) in [5.41, 5.74) is 0.799. The van der Waals surface area contributed by atoms with Crippen molar-refractivity contribution in [3.8, 4) is 5.75 Å². The van der Waals surface area contributed by atoms with E-state index in [1.165, 1.54) is 0 Å². The summed E-state index contributed by atoms with van der Waals surface area (Å²) in [6.07, 6.45) is 5.23. The zero-order valence-electron chi connectivity index (χ0n) is 16.5. The molecule has 0 spiro atoms. The molecule has 3 rings (SSSR count). The summed E-state index contributed by atoms with van der Waals surface area (Å²) >= 11 is 0.892. The Kier molecular flexibility index (Phi) is 7.33. The van der Waals surface area contributed by atoms with Gasteiger partial charge in [0.2, 0.25) is 5.91 Å². The van der Waals surface area contributed by atoms with Crippen LogP contribution >= 0.6 is 11.8 Å². The molecular weight excluding hydrogens is 392 g/mol. The van der Waals surface area contributed by atoms with Crippen LogP contribution in [0.15, 0.2) is 29.2 Å². The molecule has 0 unspecified atom stereocenters. The van der Waals surface area contributed by atoms with Crippen LogP contribution in [-0.2, 0) is 9.59 Å². The highest BCUT2D eigenvalue weighted by atomic mass is 32.2. The summed E-state index contributed by atoms with van der Waals surface area (Å²) in [6, 6.07) is 7.25. The van der Waals surface area contributed by atoms with Crippen LogP contribution in [0.2, 0.25) is 0 Å². The lowest BCUT2D eigenvalue weighted by molar-refractivity contribution is -0.135. The number of imide groups is 1. The molecule has 0 bridgehead atoms. The minimum atomic E-state index is -0.367. The molecule has 3 amide bonds. The number of ether oxygens (including phenoxy) is 1. The lowest BCUT2D eigenvalue weighted by Gasteiger charge is -2.36. The van der Waals surface area contributed by atoms with Crippen molar-refractivity contribution in [3.05, 3.63) is 34.7 Å². The molecule has 1 aromatic rings. The summed E-state index contributed by atoms with van der Waals surface area (Å²) < 4.78 is 5.12. The normalized spacial score (nSPS) is 21.2. The Morgan fingerprint density at radius 3 is 2.72 bits per heavy atom. The molecule has 0 aliphatic carbocycles. The van der Waals surface area contributed by atoms with Crippen LogP contribution in [0.5, 0.6) is 5.75 Å². The molecule has 29 heavy (non-hydrogen) atoms. The molecule has 2 fully saturated rings. The number of hydrogen-bond donors (Lipinski definition) is 1. The average Bonchev–Trinajstić information content (AvgIpc) is 3.00. The Morgan fingerprint density at radius 1 is 1.28 bits per heavy atom. The van der Waals surface area contributed by atoms with Gasteiger partial charge in [0.25, 0.3) is 11.1 Å². The number of benzene rings is 1. The molecule has 2 aliphatic rings. The highest BCUT2D eigenvalue weighted by molar-refractivity contribution is 8.18. The van der Waals surface area contributed by atoms with Crippen molar-refractivity contribution in [1.82, 2.24) is 9.80 Å². The smallest absolute Gasteiger partial charge is 0.293 e. The number of hydrogen-bond acceptors (Lipinski definition) is 6. The Balaban J connectivity index is 1.61. The molecule has 2 aliphatic heterocycles. The fourth-order valence-electron chi connectivity index (χ4n) is 3.67. The van der Waals surface area contributed by atoms with Crippen LogP contribution in [-0.4, -0.2) is 64.8 Å². The molecule has 7 nitrogen and oxygen atoms in total. The van der Waals surface area contributed by atoms with E-state index in [-0.39, 0.29) is 42.7 Å². The lowest BCUT2D eigenvalue weighted by atomic mass is 9.99. The highest BCUT2D eigenvalue weighted by Crippen LogP contribution is 2.32. The van der Waals surface area contributed by atoms with Crippen molar-refractivity contribution in [2.75, 3.05) is 26.8 Å². The van der Waals surface area contributed by atoms with E-state index in [0.29, 0.717) is 23.6 Å². The standard InChI is InChI=1S/C21H26N2O5S/c1-28-17-7-5-15(6-8-17)14-18-20(26)23(21(27)29-18)12-9-19(25)22-11-3-2-4-16(22)10-13-24/h5-8,14,16,24H,2-4,9-13H2,1H3/b18-14-/t16-/m1/s1. The Labute approximate surface area is 174 Å². The number of rotatable bonds is 7. The van der Waals surface area contributed by atoms with E-state index >= 15 is 0 Å². The topological polar surface area (TPSA) is 87.2 Å². The summed E-state index contributed by atoms with van der Waals surface area (Å²) in [5.74, 6) is 0.279. The van der Waals surface area contributed by atoms with E-state index in [1.807, 2.05) is 12.1 Å². The van der Waals surface area contributed by atoms with Crippen molar-refractivity contribution in [3.63, 3.8) is 0 Å². The minimum Gasteiger partial charge on any atom is -0.497 e. The molecule has 8 heteroatoms. The number of piperidine rings is 1. The van der Waals surface area contributed by atoms with Crippen LogP contribution in [0.25, 0.3) is 6.08 Å². The first-order valence-electron chi connectivity index (χ1n) is 9.83. The predicted molar refractivity (Wildman–Crippen MR) is 111 cm³/mol. The number of aliphatic hydroxyl groups excluding tert-OH is 1. The van der Waals surface area contributed by atoms with Crippen LogP contribution in [0.1, 0.15) is 37.7 Å². The fraction of sp³-hybridized carbons (Fsp3) is 0.476. The quantitative estimate of drug-likeness (QED) is 0.685. The van der Waals surface area contributed by atoms with Gasteiger partial charge in [-0.05, 0) is 61.2 Å². The van der Waals surface area contributed by atoms with Gasteiger partial charge in [0.15, 0.2) is 0 Å². The van der Waals surface area contributed by atoms with Crippen LogP contribution in [0.3, 0.4) is 0 Å². The number of carbonyl (C=O) groups excluding carboxylic acids is 3. The van der Waals surface area contributed by atoms with Crippen molar-refractivity contribution < 1.29 is 24.2 Å². The van der Waals surface area contributed by atoms with Gasteiger partial charge in [-0.3, -0.25) is 19.3 Å². The zero-order valence-corrected chi connectivity index (χ0v) is 17.3. The fourth-order valence-corrected chi connectivity index (χ4v) is 4.54. The third-order valence-corrected chi connectivity index (χ3v) is 6.15. The monoisotopic (exact) mass is 418 g/mol. The Morgan fingerprint density at radius 2 is 2.03 bits per heavy atom. The molecular formula is C21H26N2O5S. The van der Waals surface area contributed by atoms with E-state index in [0.717, 1.165) is 41.5 Å². The van der Waals surface area contributed by atoms with Crippen molar-refractivity contribution in [2.45, 2.75) is 38.1 Å². The van der Waals surface area contributed by atoms with Gasteiger partial charge in [-0.15, -0.1) is 0 Å². The maximum atomic E-state index is 12.6. The number of likely N-dealkylation sites (tertiary alicyclic amines) is 1. The third kappa shape index (κ3) is 5.19. The molecule has 2 saturated heterocycles. The number of carbonyl (C=O) groups is 3. The van der Waals surface area contributed by atoms with E-state index < -0.39 is 0 Å². The first-order chi connectivity index (χ1) is 14.0. The predicted octanol–water partition coefficient (Wildman–Crippen LogP) is 2.89. The molecule has 0 saturated carbocycles. The molecule has 0 aromatic heterocycles. The van der Waals surface area contributed by atoms with Crippen LogP contribution in [0.4, 0.5) is 4.79 Å². The Bertz CT molecular complexity index is 791. The molecule has 156 valence electrons. The number of nitrogens with zero attached hydrogens (tertiary/aromatic N) is 2. The van der Waals surface area contributed by atoms with Gasteiger partial charge in [0.05, 0.1) is 12.0 Å². The molecule has 1 N–H and O–H groups in total. The molecule has 1 atom stereocenters. The van der Waals surface area contributed by atoms with E-state index in [2.05, 4.69) is 0 Å². The van der Waals surface area contributed by atoms with Crippen LogP contribution < -0.4 is 4.74 Å². The molecule has 1 aromatic carbocycles. The van der Waals surface area contributed by atoms with Gasteiger partial charge in [-0.1, -0.05) is 12.1 Å². The SMILES string of the molecule is COc1ccc(/C=C2\SC(=O)N(CCC(=O)N3CCCC[C@@H]3CCO)C2=O)cc1. The second kappa shape index (κ2) is 9.93. The second-order valence-electron chi connectivity index (χ2n) is 7.11. The van der Waals surface area contributed by atoms with E-state index in [9.17, 15) is 19.5 Å². The van der Waals surface area contributed by atoms with Crippen molar-refractivity contribution in [1.29, 1.82) is 0 Å². The van der Waals surface area contributed by atoms with E-state index in [4.69, 9.17) is 4.74 Å². The van der Waals surface area contributed by atoms with Gasteiger partial charge >= 0.3 is 0 Å². The summed E-state index contributed by atoms with van der Waals surface area (Å²) in [5, 5.41) is 8.86. The molecule has 0 radical (unpaired) electrons. The second-order valence-corrected chi connectivity index (χ2v) is 8.10. The van der Waals surface area contributed by atoms with E-state index in [1.54, 1.807) is 30.2 Å². The largest absolute Gasteiger partial charge is 0.497 e. The maximum Gasteiger partial charge on any atom is 0.293 e. The lowest BCUT2D eigenvalue weighted by Crippen LogP contribution is -2.45. The van der Waals surface area contributed by atoms with Crippen LogP contribution in [0, 0.1) is 0 Å². The molecule has 2 heterocycles. The number of thioether (sulfide) groups is 1. The number of methoxy groups -OCH3 is 1.